The average Bonchev–Trinajstić information content (AvgIpc) is 3.19. The third kappa shape index (κ3) is 3.97. The molecule has 0 unspecified atom stereocenters. The van der Waals surface area contributed by atoms with Crippen LogP contribution in [0.1, 0.15) is 5.56 Å². The number of piperazine rings is 1. The van der Waals surface area contributed by atoms with E-state index in [1.165, 1.54) is 12.1 Å². The van der Waals surface area contributed by atoms with E-state index in [0.29, 0.717) is 31.7 Å². The Morgan fingerprint density at radius 2 is 1.96 bits per heavy atom. The number of nitrogens with zero attached hydrogens (tertiary/aromatic N) is 4. The number of rotatable bonds is 4. The minimum absolute atomic E-state index is 0.0262. The second kappa shape index (κ2) is 7.57. The largest absolute Gasteiger partial charge is 0.352 e. The van der Waals surface area contributed by atoms with Gasteiger partial charge >= 0.3 is 0 Å². The number of hydrogen-bond donors (Lipinski definition) is 1. The van der Waals surface area contributed by atoms with Crippen LogP contribution in [0.2, 0.25) is 0 Å². The number of H-pyrrole nitrogens is 1. The highest BCUT2D eigenvalue weighted by molar-refractivity contribution is 5.79. The summed E-state index contributed by atoms with van der Waals surface area (Å²) in [6, 6.07) is 12.1. The van der Waals surface area contributed by atoms with E-state index < -0.39 is 0 Å². The van der Waals surface area contributed by atoms with Crippen LogP contribution < -0.4 is 4.90 Å². The molecule has 4 rings (SSSR count). The summed E-state index contributed by atoms with van der Waals surface area (Å²) in [5.74, 6) is 0.581. The number of aromatic nitrogens is 3. The number of benzene rings is 1. The van der Waals surface area contributed by atoms with Crippen LogP contribution in [0.3, 0.4) is 0 Å². The smallest absolute Gasteiger partial charge is 0.227 e. The van der Waals surface area contributed by atoms with Crippen LogP contribution in [0.5, 0.6) is 0 Å². The first-order valence-corrected chi connectivity index (χ1v) is 8.92. The van der Waals surface area contributed by atoms with Crippen LogP contribution in [0.25, 0.3) is 11.3 Å². The molecular formula is C20H20FN5O. The lowest BCUT2D eigenvalue weighted by Gasteiger charge is -2.34. The van der Waals surface area contributed by atoms with Gasteiger partial charge in [-0.2, -0.15) is 5.10 Å². The van der Waals surface area contributed by atoms with Crippen molar-refractivity contribution in [1.82, 2.24) is 20.1 Å². The summed E-state index contributed by atoms with van der Waals surface area (Å²) in [5.41, 5.74) is 2.61. The van der Waals surface area contributed by atoms with E-state index in [1.54, 1.807) is 24.5 Å². The van der Waals surface area contributed by atoms with Gasteiger partial charge in [0.2, 0.25) is 5.91 Å². The van der Waals surface area contributed by atoms with Crippen LogP contribution in [-0.2, 0) is 11.2 Å². The lowest BCUT2D eigenvalue weighted by atomic mass is 10.1. The van der Waals surface area contributed by atoms with Gasteiger partial charge in [0.25, 0.3) is 0 Å². The molecule has 138 valence electrons. The van der Waals surface area contributed by atoms with Crippen molar-refractivity contribution < 1.29 is 9.18 Å². The molecule has 1 aliphatic rings. The Kier molecular flexibility index (Phi) is 4.82. The van der Waals surface area contributed by atoms with E-state index in [4.69, 9.17) is 0 Å². The number of halogens is 1. The molecule has 1 aliphatic heterocycles. The Hall–Kier alpha value is -3.22. The Labute approximate surface area is 156 Å². The maximum atomic E-state index is 13.3. The summed E-state index contributed by atoms with van der Waals surface area (Å²) < 4.78 is 13.3. The molecule has 0 bridgehead atoms. The third-order valence-electron chi connectivity index (χ3n) is 4.74. The van der Waals surface area contributed by atoms with Crippen molar-refractivity contribution in [3.63, 3.8) is 0 Å². The van der Waals surface area contributed by atoms with Gasteiger partial charge in [0, 0.05) is 50.2 Å². The van der Waals surface area contributed by atoms with E-state index in [2.05, 4.69) is 20.1 Å². The topological polar surface area (TPSA) is 65.1 Å². The number of aromatic amines is 1. The van der Waals surface area contributed by atoms with Gasteiger partial charge in [0.05, 0.1) is 12.1 Å². The van der Waals surface area contributed by atoms with E-state index in [1.807, 2.05) is 23.1 Å². The Morgan fingerprint density at radius 1 is 1.11 bits per heavy atom. The van der Waals surface area contributed by atoms with Crippen molar-refractivity contribution in [2.75, 3.05) is 31.1 Å². The number of pyridine rings is 1. The number of anilines is 1. The highest BCUT2D eigenvalue weighted by Crippen LogP contribution is 2.22. The van der Waals surface area contributed by atoms with Gasteiger partial charge in [0.1, 0.15) is 5.82 Å². The average molecular weight is 365 g/mol. The van der Waals surface area contributed by atoms with Gasteiger partial charge in [0.15, 0.2) is 5.82 Å². The first-order chi connectivity index (χ1) is 13.2. The Morgan fingerprint density at radius 3 is 2.70 bits per heavy atom. The standard InChI is InChI=1S/C20H20FN5O/c21-17-5-1-3-15(11-17)12-20(27)26-9-7-25(8-10-26)19-13-18(23-24-19)16-4-2-6-22-14-16/h1-6,11,13-14H,7-10,12H2,(H,23,24). The zero-order chi connectivity index (χ0) is 18.6. The first kappa shape index (κ1) is 17.2. The predicted molar refractivity (Wildman–Crippen MR) is 101 cm³/mol. The quantitative estimate of drug-likeness (QED) is 0.772. The molecule has 3 aromatic rings. The molecule has 0 aliphatic carbocycles. The van der Waals surface area contributed by atoms with Gasteiger partial charge in [-0.05, 0) is 29.8 Å². The molecular weight excluding hydrogens is 345 g/mol. The zero-order valence-corrected chi connectivity index (χ0v) is 14.8. The molecule has 0 spiro atoms. The Balaban J connectivity index is 1.35. The molecule has 1 saturated heterocycles. The summed E-state index contributed by atoms with van der Waals surface area (Å²) in [5, 5.41) is 7.44. The van der Waals surface area contributed by atoms with Gasteiger partial charge in [-0.3, -0.25) is 14.9 Å². The maximum Gasteiger partial charge on any atom is 0.227 e. The fourth-order valence-electron chi connectivity index (χ4n) is 3.26. The van der Waals surface area contributed by atoms with Crippen molar-refractivity contribution in [3.8, 4) is 11.3 Å². The number of carbonyl (C=O) groups excluding carboxylic acids is 1. The molecule has 1 N–H and O–H groups in total. The molecule has 6 nitrogen and oxygen atoms in total. The van der Waals surface area contributed by atoms with Crippen molar-refractivity contribution in [1.29, 1.82) is 0 Å². The van der Waals surface area contributed by atoms with E-state index in [0.717, 1.165) is 17.1 Å². The van der Waals surface area contributed by atoms with Crippen LogP contribution in [0.15, 0.2) is 54.9 Å². The van der Waals surface area contributed by atoms with Gasteiger partial charge in [-0.1, -0.05) is 12.1 Å². The van der Waals surface area contributed by atoms with Crippen molar-refractivity contribution in [2.24, 2.45) is 0 Å². The van der Waals surface area contributed by atoms with Gasteiger partial charge in [-0.15, -0.1) is 0 Å². The minimum atomic E-state index is -0.312. The molecule has 3 heterocycles. The zero-order valence-electron chi connectivity index (χ0n) is 14.8. The molecule has 1 amide bonds. The first-order valence-electron chi connectivity index (χ1n) is 8.92. The second-order valence-corrected chi connectivity index (χ2v) is 6.56. The second-order valence-electron chi connectivity index (χ2n) is 6.56. The molecule has 1 aromatic carbocycles. The summed E-state index contributed by atoms with van der Waals surface area (Å²) >= 11 is 0. The summed E-state index contributed by atoms with van der Waals surface area (Å²) in [6.07, 6.45) is 3.76. The number of amides is 1. The molecule has 27 heavy (non-hydrogen) atoms. The van der Waals surface area contributed by atoms with E-state index >= 15 is 0 Å². The molecule has 0 atom stereocenters. The highest BCUT2D eigenvalue weighted by atomic mass is 19.1. The lowest BCUT2D eigenvalue weighted by molar-refractivity contribution is -0.130. The summed E-state index contributed by atoms with van der Waals surface area (Å²) in [4.78, 5) is 20.6. The number of carbonyl (C=O) groups is 1. The van der Waals surface area contributed by atoms with Crippen molar-refractivity contribution in [3.05, 3.63) is 66.2 Å². The molecule has 2 aromatic heterocycles. The highest BCUT2D eigenvalue weighted by Gasteiger charge is 2.23. The maximum absolute atomic E-state index is 13.3. The van der Waals surface area contributed by atoms with Crippen LogP contribution in [-0.4, -0.2) is 52.2 Å². The van der Waals surface area contributed by atoms with Crippen molar-refractivity contribution >= 4 is 11.7 Å². The van der Waals surface area contributed by atoms with Crippen molar-refractivity contribution in [2.45, 2.75) is 6.42 Å². The van der Waals surface area contributed by atoms with Gasteiger partial charge < -0.3 is 9.80 Å². The SMILES string of the molecule is O=C(Cc1cccc(F)c1)N1CCN(c2cc(-c3cccnc3)[nH]n2)CC1. The lowest BCUT2D eigenvalue weighted by Crippen LogP contribution is -2.49. The molecule has 7 heteroatoms. The van der Waals surface area contributed by atoms with Gasteiger partial charge in [-0.25, -0.2) is 4.39 Å². The number of nitrogens with one attached hydrogen (secondary N) is 1. The van der Waals surface area contributed by atoms with E-state index in [-0.39, 0.29) is 18.1 Å². The monoisotopic (exact) mass is 365 g/mol. The predicted octanol–water partition coefficient (Wildman–Crippen LogP) is 2.50. The third-order valence-corrected chi connectivity index (χ3v) is 4.74. The minimum Gasteiger partial charge on any atom is -0.352 e. The van der Waals surface area contributed by atoms with E-state index in [9.17, 15) is 9.18 Å². The normalized spacial score (nSPS) is 14.4. The molecule has 0 radical (unpaired) electrons. The Bertz CT molecular complexity index is 919. The fraction of sp³-hybridized carbons (Fsp3) is 0.250. The molecule has 1 fully saturated rings. The van der Waals surface area contributed by atoms with Crippen LogP contribution >= 0.6 is 0 Å². The fourth-order valence-corrected chi connectivity index (χ4v) is 3.26. The van der Waals surface area contributed by atoms with Crippen LogP contribution in [0, 0.1) is 5.82 Å². The number of hydrogen-bond acceptors (Lipinski definition) is 4. The van der Waals surface area contributed by atoms with Crippen LogP contribution in [0.4, 0.5) is 10.2 Å². The summed E-state index contributed by atoms with van der Waals surface area (Å²) in [7, 11) is 0. The molecule has 0 saturated carbocycles. The summed E-state index contributed by atoms with van der Waals surface area (Å²) in [6.45, 7) is 2.69.